The molecular weight excluding hydrogens is 371 g/mol. The number of hydrogen-bond acceptors (Lipinski definition) is 4. The predicted octanol–water partition coefficient (Wildman–Crippen LogP) is 2.75. The Morgan fingerprint density at radius 3 is 2.35 bits per heavy atom. The Hall–Kier alpha value is -1.82. The van der Waals surface area contributed by atoms with Gasteiger partial charge in [-0.05, 0) is 30.5 Å². The van der Waals surface area contributed by atoms with Crippen LogP contribution >= 0.6 is 24.8 Å². The van der Waals surface area contributed by atoms with Crippen LogP contribution in [0.1, 0.15) is 24.3 Å². The normalized spacial score (nSPS) is 15.3. The zero-order valence-electron chi connectivity index (χ0n) is 14.6. The van der Waals surface area contributed by atoms with Crippen molar-refractivity contribution in [3.8, 4) is 0 Å². The molecular formula is C19H26Cl2N4O. The van der Waals surface area contributed by atoms with Crippen LogP contribution in [-0.4, -0.2) is 36.6 Å². The van der Waals surface area contributed by atoms with Gasteiger partial charge in [0.25, 0.3) is 0 Å². The number of aromatic nitrogens is 1. The van der Waals surface area contributed by atoms with Gasteiger partial charge in [0, 0.05) is 31.9 Å². The molecule has 1 fully saturated rings. The lowest BCUT2D eigenvalue weighted by Gasteiger charge is -2.33. The van der Waals surface area contributed by atoms with E-state index in [2.05, 4.69) is 15.2 Å². The minimum absolute atomic E-state index is 0. The smallest absolute Gasteiger partial charge is 0.229 e. The maximum atomic E-state index is 12.6. The molecule has 7 heteroatoms. The van der Waals surface area contributed by atoms with E-state index >= 15 is 0 Å². The number of anilines is 1. The fraction of sp³-hybridized carbons (Fsp3) is 0.368. The molecule has 1 amide bonds. The average Bonchev–Trinajstić information content (AvgIpc) is 2.64. The van der Waals surface area contributed by atoms with Gasteiger partial charge < -0.3 is 16.0 Å². The van der Waals surface area contributed by atoms with Crippen molar-refractivity contribution in [2.75, 3.05) is 24.5 Å². The van der Waals surface area contributed by atoms with Crippen LogP contribution in [-0.2, 0) is 4.79 Å². The first-order chi connectivity index (χ1) is 11.8. The fourth-order valence-electron chi connectivity index (χ4n) is 3.18. The lowest BCUT2D eigenvalue weighted by molar-refractivity contribution is -0.123. The molecule has 1 atom stereocenters. The number of hydrogen-bond donors (Lipinski definition) is 2. The Morgan fingerprint density at radius 1 is 1.12 bits per heavy atom. The minimum Gasteiger partial charge on any atom is -0.356 e. The molecule has 1 aliphatic heterocycles. The van der Waals surface area contributed by atoms with Crippen molar-refractivity contribution in [2.45, 2.75) is 24.8 Å². The third-order valence-electron chi connectivity index (χ3n) is 4.57. The second-order valence-corrected chi connectivity index (χ2v) is 6.16. The van der Waals surface area contributed by atoms with Crippen LogP contribution < -0.4 is 16.0 Å². The van der Waals surface area contributed by atoms with Gasteiger partial charge in [-0.15, -0.1) is 24.8 Å². The number of carbonyl (C=O) groups is 1. The molecule has 1 unspecified atom stereocenters. The van der Waals surface area contributed by atoms with Crippen molar-refractivity contribution in [3.05, 3.63) is 60.3 Å². The second kappa shape index (κ2) is 11.0. The predicted molar refractivity (Wildman–Crippen MR) is 110 cm³/mol. The number of rotatable bonds is 5. The third kappa shape index (κ3) is 5.59. The fourth-order valence-corrected chi connectivity index (χ4v) is 3.18. The van der Waals surface area contributed by atoms with E-state index in [-0.39, 0.29) is 42.7 Å². The number of benzene rings is 1. The molecule has 0 radical (unpaired) electrons. The zero-order valence-corrected chi connectivity index (χ0v) is 16.2. The van der Waals surface area contributed by atoms with Crippen LogP contribution in [0.15, 0.2) is 54.7 Å². The molecule has 142 valence electrons. The Bertz CT molecular complexity index is 649. The largest absolute Gasteiger partial charge is 0.356 e. The van der Waals surface area contributed by atoms with Crippen molar-refractivity contribution in [1.82, 2.24) is 10.3 Å². The summed E-state index contributed by atoms with van der Waals surface area (Å²) >= 11 is 0. The summed E-state index contributed by atoms with van der Waals surface area (Å²) in [6.45, 7) is 2.13. The summed E-state index contributed by atoms with van der Waals surface area (Å²) in [5.74, 6) is 0.756. The first-order valence-corrected chi connectivity index (χ1v) is 8.49. The molecule has 1 saturated heterocycles. The number of nitrogens with zero attached hydrogens (tertiary/aromatic N) is 2. The standard InChI is InChI=1S/C19H24N4O.2ClH/c20-14-17(15-6-2-1-3-7-15)19(24)22-16-9-12-23(13-10-16)18-8-4-5-11-21-18;;/h1-8,11,16-17H,9-10,12-14,20H2,(H,22,24);2*1H. The highest BCUT2D eigenvalue weighted by atomic mass is 35.5. The summed E-state index contributed by atoms with van der Waals surface area (Å²) < 4.78 is 0. The van der Waals surface area contributed by atoms with Gasteiger partial charge in [-0.3, -0.25) is 4.79 Å². The quantitative estimate of drug-likeness (QED) is 0.814. The summed E-state index contributed by atoms with van der Waals surface area (Å²) in [6, 6.07) is 15.9. The van der Waals surface area contributed by atoms with Crippen LogP contribution in [0.5, 0.6) is 0 Å². The summed E-state index contributed by atoms with van der Waals surface area (Å²) in [7, 11) is 0. The van der Waals surface area contributed by atoms with Crippen LogP contribution in [0.2, 0.25) is 0 Å². The number of piperidine rings is 1. The maximum absolute atomic E-state index is 12.6. The van der Waals surface area contributed by atoms with Crippen LogP contribution in [0.3, 0.4) is 0 Å². The third-order valence-corrected chi connectivity index (χ3v) is 4.57. The van der Waals surface area contributed by atoms with E-state index in [1.807, 2.05) is 54.7 Å². The van der Waals surface area contributed by atoms with Gasteiger partial charge in [-0.25, -0.2) is 4.98 Å². The van der Waals surface area contributed by atoms with Gasteiger partial charge in [0.05, 0.1) is 5.92 Å². The van der Waals surface area contributed by atoms with Gasteiger partial charge in [0.15, 0.2) is 0 Å². The van der Waals surface area contributed by atoms with Gasteiger partial charge >= 0.3 is 0 Å². The SMILES string of the molecule is Cl.Cl.NCC(C(=O)NC1CCN(c2ccccn2)CC1)c1ccccc1. The number of nitrogens with two attached hydrogens (primary N) is 1. The first kappa shape index (κ1) is 22.2. The summed E-state index contributed by atoms with van der Waals surface area (Å²) in [4.78, 5) is 19.2. The van der Waals surface area contributed by atoms with E-state index in [1.165, 1.54) is 0 Å². The Kier molecular flexibility index (Phi) is 9.41. The van der Waals surface area contributed by atoms with Crippen LogP contribution in [0.25, 0.3) is 0 Å². The van der Waals surface area contributed by atoms with E-state index in [0.29, 0.717) is 6.54 Å². The van der Waals surface area contributed by atoms with Crippen LogP contribution in [0.4, 0.5) is 5.82 Å². The molecule has 0 aliphatic carbocycles. The van der Waals surface area contributed by atoms with Crippen molar-refractivity contribution in [2.24, 2.45) is 5.73 Å². The molecule has 2 aromatic rings. The molecule has 1 aromatic carbocycles. The van der Waals surface area contributed by atoms with E-state index in [1.54, 1.807) is 0 Å². The molecule has 1 aromatic heterocycles. The molecule has 0 bridgehead atoms. The second-order valence-electron chi connectivity index (χ2n) is 6.16. The lowest BCUT2D eigenvalue weighted by atomic mass is 9.97. The summed E-state index contributed by atoms with van der Waals surface area (Å²) in [5, 5.41) is 3.17. The highest BCUT2D eigenvalue weighted by Crippen LogP contribution is 2.19. The highest BCUT2D eigenvalue weighted by Gasteiger charge is 2.25. The Balaban J connectivity index is 0.00000169. The lowest BCUT2D eigenvalue weighted by Crippen LogP contribution is -2.47. The first-order valence-electron chi connectivity index (χ1n) is 8.49. The van der Waals surface area contributed by atoms with Crippen molar-refractivity contribution in [3.63, 3.8) is 0 Å². The monoisotopic (exact) mass is 396 g/mol. The van der Waals surface area contributed by atoms with Gasteiger partial charge in [-0.1, -0.05) is 36.4 Å². The summed E-state index contributed by atoms with van der Waals surface area (Å²) in [6.07, 6.45) is 3.66. The number of amides is 1. The average molecular weight is 397 g/mol. The number of carbonyl (C=O) groups excluding carboxylic acids is 1. The molecule has 0 spiro atoms. The molecule has 26 heavy (non-hydrogen) atoms. The van der Waals surface area contributed by atoms with E-state index in [4.69, 9.17) is 5.73 Å². The molecule has 0 saturated carbocycles. The highest BCUT2D eigenvalue weighted by molar-refractivity contribution is 5.85. The van der Waals surface area contributed by atoms with E-state index < -0.39 is 0 Å². The number of halogens is 2. The van der Waals surface area contributed by atoms with Gasteiger partial charge in [-0.2, -0.15) is 0 Å². The molecule has 5 nitrogen and oxygen atoms in total. The minimum atomic E-state index is -0.278. The summed E-state index contributed by atoms with van der Waals surface area (Å²) in [5.41, 5.74) is 6.81. The van der Waals surface area contributed by atoms with E-state index in [0.717, 1.165) is 37.3 Å². The van der Waals surface area contributed by atoms with E-state index in [9.17, 15) is 4.79 Å². The van der Waals surface area contributed by atoms with Crippen LogP contribution in [0, 0.1) is 0 Å². The molecule has 1 aliphatic rings. The van der Waals surface area contributed by atoms with Crippen molar-refractivity contribution < 1.29 is 4.79 Å². The van der Waals surface area contributed by atoms with Gasteiger partial charge in [0.1, 0.15) is 5.82 Å². The molecule has 3 N–H and O–H groups in total. The van der Waals surface area contributed by atoms with Crippen molar-refractivity contribution in [1.29, 1.82) is 0 Å². The topological polar surface area (TPSA) is 71.2 Å². The van der Waals surface area contributed by atoms with Gasteiger partial charge in [0.2, 0.25) is 5.91 Å². The van der Waals surface area contributed by atoms with Crippen molar-refractivity contribution >= 4 is 36.5 Å². The Labute approximate surface area is 167 Å². The molecule has 3 rings (SSSR count). The maximum Gasteiger partial charge on any atom is 0.229 e. The Morgan fingerprint density at radius 2 is 1.77 bits per heavy atom. The number of pyridine rings is 1. The molecule has 2 heterocycles. The zero-order chi connectivity index (χ0) is 16.8. The number of nitrogens with one attached hydrogen (secondary N) is 1.